The molecule has 0 bridgehead atoms. The van der Waals surface area contributed by atoms with Gasteiger partial charge in [0.15, 0.2) is 0 Å². The van der Waals surface area contributed by atoms with Gasteiger partial charge in [-0.1, -0.05) is 15.9 Å². The van der Waals surface area contributed by atoms with Gasteiger partial charge in [-0.25, -0.2) is 0 Å². The summed E-state index contributed by atoms with van der Waals surface area (Å²) in [6.07, 6.45) is 0. The Morgan fingerprint density at radius 3 is 2.40 bits per heavy atom. The van der Waals surface area contributed by atoms with Crippen molar-refractivity contribution in [3.63, 3.8) is 0 Å². The Kier molecular flexibility index (Phi) is 4.14. The summed E-state index contributed by atoms with van der Waals surface area (Å²) in [6.45, 7) is 5.77. The predicted molar refractivity (Wildman–Crippen MR) is 87.2 cm³/mol. The van der Waals surface area contributed by atoms with Crippen LogP contribution in [0, 0.1) is 20.8 Å². The Hall–Kier alpha value is -1.81. The first-order valence-electron chi connectivity index (χ1n) is 6.32. The highest BCUT2D eigenvalue weighted by Crippen LogP contribution is 2.23. The van der Waals surface area contributed by atoms with Crippen LogP contribution in [0.25, 0.3) is 0 Å². The van der Waals surface area contributed by atoms with Gasteiger partial charge >= 0.3 is 0 Å². The number of carbonyl (C=O) groups excluding carboxylic acids is 1. The van der Waals surface area contributed by atoms with E-state index in [9.17, 15) is 4.79 Å². The second kappa shape index (κ2) is 5.67. The van der Waals surface area contributed by atoms with Crippen LogP contribution in [-0.4, -0.2) is 5.91 Å². The molecule has 104 valence electrons. The standard InChI is InChI=1S/C16H17BrN2O/c1-9-6-12(17)4-5-13(9)16(20)19-15-8-10(2)14(18)7-11(15)3/h4-8H,18H2,1-3H3,(H,19,20). The molecule has 3 N–H and O–H groups in total. The van der Waals surface area contributed by atoms with Crippen LogP contribution in [0.3, 0.4) is 0 Å². The van der Waals surface area contributed by atoms with Gasteiger partial charge in [-0.3, -0.25) is 4.79 Å². The molecule has 2 aromatic rings. The molecule has 0 fully saturated rings. The molecule has 20 heavy (non-hydrogen) atoms. The van der Waals surface area contributed by atoms with E-state index in [0.717, 1.165) is 32.5 Å². The summed E-state index contributed by atoms with van der Waals surface area (Å²) in [4.78, 5) is 12.3. The van der Waals surface area contributed by atoms with Crippen LogP contribution in [0.5, 0.6) is 0 Å². The highest BCUT2D eigenvalue weighted by Gasteiger charge is 2.11. The third-order valence-corrected chi connectivity index (χ3v) is 3.79. The van der Waals surface area contributed by atoms with Crippen molar-refractivity contribution >= 4 is 33.2 Å². The first kappa shape index (κ1) is 14.6. The number of benzene rings is 2. The SMILES string of the molecule is Cc1cc(NC(=O)c2ccc(Br)cc2C)c(C)cc1N. The van der Waals surface area contributed by atoms with E-state index in [-0.39, 0.29) is 5.91 Å². The summed E-state index contributed by atoms with van der Waals surface area (Å²) in [5, 5.41) is 2.95. The quantitative estimate of drug-likeness (QED) is 0.809. The highest BCUT2D eigenvalue weighted by molar-refractivity contribution is 9.10. The van der Waals surface area contributed by atoms with Gasteiger partial charge in [0.25, 0.3) is 5.91 Å². The molecule has 0 spiro atoms. The summed E-state index contributed by atoms with van der Waals surface area (Å²) in [5.74, 6) is -0.109. The van der Waals surface area contributed by atoms with Crippen LogP contribution >= 0.6 is 15.9 Å². The maximum absolute atomic E-state index is 12.3. The molecule has 0 heterocycles. The Labute approximate surface area is 127 Å². The third kappa shape index (κ3) is 3.02. The lowest BCUT2D eigenvalue weighted by molar-refractivity contribution is 0.102. The second-order valence-corrected chi connectivity index (χ2v) is 5.85. The summed E-state index contributed by atoms with van der Waals surface area (Å²) < 4.78 is 0.964. The monoisotopic (exact) mass is 332 g/mol. The van der Waals surface area contributed by atoms with Crippen molar-refractivity contribution in [1.29, 1.82) is 0 Å². The molecule has 0 radical (unpaired) electrons. The summed E-state index contributed by atoms with van der Waals surface area (Å²) >= 11 is 3.40. The molecule has 0 aliphatic carbocycles. The van der Waals surface area contributed by atoms with Gasteiger partial charge in [0.2, 0.25) is 0 Å². The topological polar surface area (TPSA) is 55.1 Å². The molecule has 2 aromatic carbocycles. The molecule has 3 nitrogen and oxygen atoms in total. The number of nitrogens with two attached hydrogens (primary N) is 1. The van der Waals surface area contributed by atoms with Crippen LogP contribution in [-0.2, 0) is 0 Å². The number of aryl methyl sites for hydroxylation is 3. The zero-order valence-corrected chi connectivity index (χ0v) is 13.3. The predicted octanol–water partition coefficient (Wildman–Crippen LogP) is 4.21. The first-order chi connectivity index (χ1) is 9.38. The minimum absolute atomic E-state index is 0.109. The highest BCUT2D eigenvalue weighted by atomic mass is 79.9. The van der Waals surface area contributed by atoms with Gasteiger partial charge < -0.3 is 11.1 Å². The van der Waals surface area contributed by atoms with Gasteiger partial charge in [-0.05, 0) is 67.8 Å². The molecule has 1 amide bonds. The smallest absolute Gasteiger partial charge is 0.255 e. The maximum atomic E-state index is 12.3. The molecule has 0 saturated heterocycles. The zero-order chi connectivity index (χ0) is 14.9. The number of hydrogen-bond donors (Lipinski definition) is 2. The van der Waals surface area contributed by atoms with Crippen LogP contribution in [0.2, 0.25) is 0 Å². The second-order valence-electron chi connectivity index (χ2n) is 4.94. The van der Waals surface area contributed by atoms with E-state index in [2.05, 4.69) is 21.2 Å². The van der Waals surface area contributed by atoms with Crippen molar-refractivity contribution in [2.75, 3.05) is 11.1 Å². The van der Waals surface area contributed by atoms with E-state index in [1.807, 2.05) is 51.1 Å². The zero-order valence-electron chi connectivity index (χ0n) is 11.8. The lowest BCUT2D eigenvalue weighted by atomic mass is 10.1. The average molecular weight is 333 g/mol. The molecule has 0 unspecified atom stereocenters. The molecule has 2 rings (SSSR count). The summed E-state index contributed by atoms with van der Waals surface area (Å²) in [6, 6.07) is 9.38. The largest absolute Gasteiger partial charge is 0.399 e. The lowest BCUT2D eigenvalue weighted by Crippen LogP contribution is -2.14. The molecule has 0 atom stereocenters. The van der Waals surface area contributed by atoms with Crippen LogP contribution in [0.4, 0.5) is 11.4 Å². The fourth-order valence-electron chi connectivity index (χ4n) is 2.04. The van der Waals surface area contributed by atoms with Gasteiger partial charge in [0.1, 0.15) is 0 Å². The number of amides is 1. The molecule has 0 saturated carbocycles. The van der Waals surface area contributed by atoms with Gasteiger partial charge in [-0.2, -0.15) is 0 Å². The summed E-state index contributed by atoms with van der Waals surface area (Å²) in [7, 11) is 0. The van der Waals surface area contributed by atoms with Crippen molar-refractivity contribution in [3.8, 4) is 0 Å². The van der Waals surface area contributed by atoms with E-state index in [1.54, 1.807) is 0 Å². The van der Waals surface area contributed by atoms with Crippen molar-refractivity contribution in [2.24, 2.45) is 0 Å². The average Bonchev–Trinajstić information content (AvgIpc) is 2.35. The van der Waals surface area contributed by atoms with Crippen molar-refractivity contribution in [3.05, 3.63) is 57.1 Å². The Morgan fingerprint density at radius 2 is 1.75 bits per heavy atom. The number of nitrogen functional groups attached to an aromatic ring is 1. The number of hydrogen-bond acceptors (Lipinski definition) is 2. The fraction of sp³-hybridized carbons (Fsp3) is 0.188. The number of carbonyl (C=O) groups is 1. The molecular weight excluding hydrogens is 316 g/mol. The van der Waals surface area contributed by atoms with Crippen molar-refractivity contribution in [1.82, 2.24) is 0 Å². The van der Waals surface area contributed by atoms with Gasteiger partial charge in [0, 0.05) is 21.4 Å². The number of halogens is 1. The van der Waals surface area contributed by atoms with Crippen LogP contribution in [0.1, 0.15) is 27.0 Å². The van der Waals surface area contributed by atoms with E-state index in [1.165, 1.54) is 0 Å². The Balaban J connectivity index is 2.30. The minimum Gasteiger partial charge on any atom is -0.399 e. The molecule has 0 aromatic heterocycles. The molecule has 0 aliphatic rings. The van der Waals surface area contributed by atoms with Crippen molar-refractivity contribution in [2.45, 2.75) is 20.8 Å². The van der Waals surface area contributed by atoms with Gasteiger partial charge in [-0.15, -0.1) is 0 Å². The molecule has 4 heteroatoms. The number of nitrogens with one attached hydrogen (secondary N) is 1. The number of anilines is 2. The fourth-order valence-corrected chi connectivity index (χ4v) is 2.52. The molecular formula is C16H17BrN2O. The Morgan fingerprint density at radius 1 is 1.05 bits per heavy atom. The van der Waals surface area contributed by atoms with Crippen molar-refractivity contribution < 1.29 is 4.79 Å². The van der Waals surface area contributed by atoms with E-state index in [0.29, 0.717) is 5.56 Å². The Bertz CT molecular complexity index is 680. The van der Waals surface area contributed by atoms with E-state index in [4.69, 9.17) is 5.73 Å². The van der Waals surface area contributed by atoms with Gasteiger partial charge in [0.05, 0.1) is 0 Å². The third-order valence-electron chi connectivity index (χ3n) is 3.29. The summed E-state index contributed by atoms with van der Waals surface area (Å²) in [5.41, 5.74) is 10.9. The van der Waals surface area contributed by atoms with E-state index >= 15 is 0 Å². The van der Waals surface area contributed by atoms with Crippen LogP contribution in [0.15, 0.2) is 34.8 Å². The van der Waals surface area contributed by atoms with E-state index < -0.39 is 0 Å². The molecule has 0 aliphatic heterocycles. The first-order valence-corrected chi connectivity index (χ1v) is 7.12. The number of rotatable bonds is 2. The minimum atomic E-state index is -0.109. The normalized spacial score (nSPS) is 10.4. The lowest BCUT2D eigenvalue weighted by Gasteiger charge is -2.12. The van der Waals surface area contributed by atoms with Crippen LogP contribution < -0.4 is 11.1 Å². The maximum Gasteiger partial charge on any atom is 0.255 e.